The molecule has 0 spiro atoms. The summed E-state index contributed by atoms with van der Waals surface area (Å²) in [5, 5.41) is 0. The van der Waals surface area contributed by atoms with E-state index >= 15 is 0 Å². The third kappa shape index (κ3) is 4.78. The summed E-state index contributed by atoms with van der Waals surface area (Å²) in [5.41, 5.74) is 2.79. The number of para-hydroxylation sites is 2. The van der Waals surface area contributed by atoms with Crippen LogP contribution in [0.1, 0.15) is 69.4 Å². The zero-order valence-corrected chi connectivity index (χ0v) is 19.1. The molecule has 5 atom stereocenters. The van der Waals surface area contributed by atoms with Crippen LogP contribution in [0, 0.1) is 23.7 Å². The normalized spacial score (nSPS) is 31.5. The molecule has 1 saturated carbocycles. The van der Waals surface area contributed by atoms with Gasteiger partial charge in [0, 0.05) is 5.92 Å². The molecule has 2 bridgehead atoms. The Labute approximate surface area is 188 Å². The fraction of sp³-hybridized carbons (Fsp3) is 0.586. The van der Waals surface area contributed by atoms with Crippen LogP contribution in [0.3, 0.4) is 0 Å². The van der Waals surface area contributed by atoms with Gasteiger partial charge < -0.3 is 9.47 Å². The minimum absolute atomic E-state index is 0.251. The van der Waals surface area contributed by atoms with Crippen LogP contribution in [0.15, 0.2) is 48.5 Å². The number of benzene rings is 2. The van der Waals surface area contributed by atoms with Crippen LogP contribution >= 0.6 is 0 Å². The minimum Gasteiger partial charge on any atom is -0.493 e. The van der Waals surface area contributed by atoms with E-state index in [1.165, 1.54) is 62.5 Å². The van der Waals surface area contributed by atoms with E-state index < -0.39 is 0 Å². The quantitative estimate of drug-likeness (QED) is 0.449. The van der Waals surface area contributed by atoms with Gasteiger partial charge in [0.25, 0.3) is 0 Å². The maximum atomic E-state index is 6.85. The Balaban J connectivity index is 1.50. The highest BCUT2D eigenvalue weighted by Gasteiger charge is 2.38. The first kappa shape index (κ1) is 20.9. The standard InChI is InChI=1S/C29H38O2/c1-21-18-23-11-6-8-14-27(23)30-20-26-25(21)13-5-3-2-4-10-22-16-17-29(26)31-28-15-9-7-12-24(28)19-22/h6-9,11-12,14-15,21-22,25-26,29H,2-5,10,13,16-20H2,1H3. The van der Waals surface area contributed by atoms with Crippen molar-refractivity contribution in [1.82, 2.24) is 0 Å². The smallest absolute Gasteiger partial charge is 0.122 e. The number of hydrogen-bond donors (Lipinski definition) is 0. The van der Waals surface area contributed by atoms with E-state index in [1.54, 1.807) is 0 Å². The summed E-state index contributed by atoms with van der Waals surface area (Å²) in [6.07, 6.45) is 13.2. The number of fused-ring (bicyclic) bond motifs is 7. The van der Waals surface area contributed by atoms with Crippen molar-refractivity contribution in [2.75, 3.05) is 6.61 Å². The topological polar surface area (TPSA) is 18.5 Å². The summed E-state index contributed by atoms with van der Waals surface area (Å²) >= 11 is 0. The van der Waals surface area contributed by atoms with Gasteiger partial charge in [-0.15, -0.1) is 0 Å². The molecule has 0 amide bonds. The van der Waals surface area contributed by atoms with Crippen LogP contribution in [-0.2, 0) is 12.8 Å². The van der Waals surface area contributed by atoms with E-state index in [1.807, 2.05) is 0 Å². The Morgan fingerprint density at radius 1 is 0.677 bits per heavy atom. The summed E-state index contributed by atoms with van der Waals surface area (Å²) < 4.78 is 13.4. The average Bonchev–Trinajstić information content (AvgIpc) is 2.75. The molecule has 31 heavy (non-hydrogen) atoms. The Morgan fingerprint density at radius 3 is 2.23 bits per heavy atom. The highest BCUT2D eigenvalue weighted by atomic mass is 16.5. The molecular formula is C29H38O2. The lowest BCUT2D eigenvalue weighted by Gasteiger charge is -2.40. The summed E-state index contributed by atoms with van der Waals surface area (Å²) in [6.45, 7) is 3.26. The van der Waals surface area contributed by atoms with E-state index in [9.17, 15) is 0 Å². The highest BCUT2D eigenvalue weighted by Crippen LogP contribution is 2.41. The monoisotopic (exact) mass is 418 g/mol. The summed E-state index contributed by atoms with van der Waals surface area (Å²) in [5.74, 6) is 4.76. The van der Waals surface area contributed by atoms with Crippen molar-refractivity contribution in [2.24, 2.45) is 23.7 Å². The fourth-order valence-electron chi connectivity index (χ4n) is 6.46. The maximum absolute atomic E-state index is 6.85. The predicted octanol–water partition coefficient (Wildman–Crippen LogP) is 7.24. The summed E-state index contributed by atoms with van der Waals surface area (Å²) in [7, 11) is 0. The second kappa shape index (κ2) is 9.67. The molecule has 1 fully saturated rings. The fourth-order valence-corrected chi connectivity index (χ4v) is 6.46. The van der Waals surface area contributed by atoms with Gasteiger partial charge in [-0.05, 0) is 73.1 Å². The summed E-state index contributed by atoms with van der Waals surface area (Å²) in [6, 6.07) is 17.5. The molecule has 0 N–H and O–H groups in total. The SMILES string of the molecule is CC1Cc2ccccc2OCC2C3CCC(CCCCCCC12)Cc1ccccc1O3. The molecule has 2 heteroatoms. The van der Waals surface area contributed by atoms with Crippen LogP contribution < -0.4 is 9.47 Å². The first-order chi connectivity index (χ1) is 15.3. The van der Waals surface area contributed by atoms with Gasteiger partial charge in [0.05, 0.1) is 6.61 Å². The minimum atomic E-state index is 0.251. The first-order valence-electron chi connectivity index (χ1n) is 12.7. The Hall–Kier alpha value is -1.96. The predicted molar refractivity (Wildman–Crippen MR) is 127 cm³/mol. The van der Waals surface area contributed by atoms with Crippen LogP contribution in [0.4, 0.5) is 0 Å². The third-order valence-corrected chi connectivity index (χ3v) is 8.22. The molecule has 0 aromatic heterocycles. The van der Waals surface area contributed by atoms with E-state index in [0.29, 0.717) is 17.8 Å². The Kier molecular flexibility index (Phi) is 6.53. The first-order valence-corrected chi connectivity index (χ1v) is 12.7. The van der Waals surface area contributed by atoms with Crippen molar-refractivity contribution < 1.29 is 9.47 Å². The molecular weight excluding hydrogens is 380 g/mol. The van der Waals surface area contributed by atoms with Crippen molar-refractivity contribution in [3.05, 3.63) is 59.7 Å². The van der Waals surface area contributed by atoms with Crippen LogP contribution in [0.5, 0.6) is 11.5 Å². The van der Waals surface area contributed by atoms with Gasteiger partial charge in [0.15, 0.2) is 0 Å². The van der Waals surface area contributed by atoms with E-state index in [0.717, 1.165) is 36.9 Å². The average molecular weight is 419 g/mol. The molecule has 2 aromatic rings. The Morgan fingerprint density at radius 2 is 1.39 bits per heavy atom. The molecule has 2 aliphatic heterocycles. The van der Waals surface area contributed by atoms with Crippen molar-refractivity contribution in [2.45, 2.75) is 77.2 Å². The van der Waals surface area contributed by atoms with Gasteiger partial charge in [-0.3, -0.25) is 0 Å². The zero-order valence-electron chi connectivity index (χ0n) is 19.1. The Bertz CT molecular complexity index is 859. The number of hydrogen-bond acceptors (Lipinski definition) is 2. The van der Waals surface area contributed by atoms with Crippen molar-refractivity contribution in [1.29, 1.82) is 0 Å². The maximum Gasteiger partial charge on any atom is 0.122 e. The van der Waals surface area contributed by atoms with Gasteiger partial charge in [-0.2, -0.15) is 0 Å². The molecule has 1 aliphatic carbocycles. The second-order valence-electron chi connectivity index (χ2n) is 10.3. The molecule has 5 unspecified atom stereocenters. The third-order valence-electron chi connectivity index (χ3n) is 8.22. The van der Waals surface area contributed by atoms with Gasteiger partial charge in [-0.1, -0.05) is 75.4 Å². The van der Waals surface area contributed by atoms with Crippen molar-refractivity contribution in [3.8, 4) is 11.5 Å². The number of ether oxygens (including phenoxy) is 2. The lowest BCUT2D eigenvalue weighted by Crippen LogP contribution is -2.42. The molecule has 2 aromatic carbocycles. The van der Waals surface area contributed by atoms with Crippen LogP contribution in [0.25, 0.3) is 0 Å². The van der Waals surface area contributed by atoms with E-state index in [2.05, 4.69) is 55.5 Å². The molecule has 3 aliphatic rings. The molecule has 166 valence electrons. The van der Waals surface area contributed by atoms with Crippen LogP contribution in [-0.4, -0.2) is 12.7 Å². The zero-order chi connectivity index (χ0) is 21.0. The second-order valence-corrected chi connectivity index (χ2v) is 10.3. The molecule has 2 nitrogen and oxygen atoms in total. The molecule has 5 rings (SSSR count). The highest BCUT2D eigenvalue weighted by molar-refractivity contribution is 5.35. The van der Waals surface area contributed by atoms with Crippen LogP contribution in [0.2, 0.25) is 0 Å². The van der Waals surface area contributed by atoms with Crippen molar-refractivity contribution >= 4 is 0 Å². The lowest BCUT2D eigenvalue weighted by atomic mass is 9.72. The van der Waals surface area contributed by atoms with E-state index in [4.69, 9.17) is 9.47 Å². The van der Waals surface area contributed by atoms with Gasteiger partial charge in [0.2, 0.25) is 0 Å². The van der Waals surface area contributed by atoms with Gasteiger partial charge in [0.1, 0.15) is 17.6 Å². The lowest BCUT2D eigenvalue weighted by molar-refractivity contribution is 0.0170. The molecule has 0 radical (unpaired) electrons. The van der Waals surface area contributed by atoms with Gasteiger partial charge >= 0.3 is 0 Å². The van der Waals surface area contributed by atoms with E-state index in [-0.39, 0.29) is 6.10 Å². The van der Waals surface area contributed by atoms with Crippen molar-refractivity contribution in [3.63, 3.8) is 0 Å². The summed E-state index contributed by atoms with van der Waals surface area (Å²) in [4.78, 5) is 0. The van der Waals surface area contributed by atoms with Gasteiger partial charge in [-0.25, -0.2) is 0 Å². The largest absolute Gasteiger partial charge is 0.493 e. The molecule has 2 heterocycles. The molecule has 0 saturated heterocycles. The number of rotatable bonds is 0.